The molecule has 0 atom stereocenters. The van der Waals surface area contributed by atoms with Crippen molar-refractivity contribution in [1.82, 2.24) is 81.7 Å². The number of nitriles is 2. The minimum absolute atomic E-state index is 0.00305. The minimum Gasteiger partial charge on any atom is -0.480 e. The van der Waals surface area contributed by atoms with E-state index in [0.717, 1.165) is 171 Å². The molecule has 21 rings (SSSR count). The van der Waals surface area contributed by atoms with Gasteiger partial charge < -0.3 is 37.7 Å². The molecule has 25 nitrogen and oxygen atoms in total. The van der Waals surface area contributed by atoms with Crippen LogP contribution < -0.4 is 0 Å². The molecule has 31 heteroatoms. The third kappa shape index (κ3) is 22.8. The van der Waals surface area contributed by atoms with Crippen molar-refractivity contribution in [3.63, 3.8) is 0 Å². The summed E-state index contributed by atoms with van der Waals surface area (Å²) in [6.07, 6.45) is 9.76. The Morgan fingerprint density at radius 3 is 1.13 bits per heavy atom. The number of benzene rings is 9. The summed E-state index contributed by atoms with van der Waals surface area (Å²) in [5.74, 6) is -1.92. The molecule has 0 spiro atoms. The van der Waals surface area contributed by atoms with Gasteiger partial charge in [0.2, 0.25) is 11.8 Å². The van der Waals surface area contributed by atoms with Crippen LogP contribution >= 0.6 is 46.4 Å². The number of carboxylic acids is 1. The Morgan fingerprint density at radius 1 is 0.373 bits per heavy atom. The normalized spacial score (nSPS) is 14.5. The zero-order chi connectivity index (χ0) is 98.4. The number of imidazole rings is 4. The molecule has 3 amide bonds. The number of aromatic nitrogens is 9. The predicted octanol–water partition coefficient (Wildman–Crippen LogP) is 19.8. The summed E-state index contributed by atoms with van der Waals surface area (Å²) >= 11 is 24.5. The van der Waals surface area contributed by atoms with Crippen LogP contribution in [0.3, 0.4) is 0 Å². The second-order valence-electron chi connectivity index (χ2n) is 35.2. The third-order valence-electron chi connectivity index (χ3n) is 26.1. The Kier molecular flexibility index (Phi) is 30.8. The molecule has 4 aliphatic rings. The average Bonchev–Trinajstić information content (AvgIpc) is 1.63. The van der Waals surface area contributed by atoms with Crippen LogP contribution in [-0.2, 0) is 45.3 Å². The van der Waals surface area contributed by atoms with Crippen LogP contribution in [-0.4, -0.2) is 235 Å². The van der Waals surface area contributed by atoms with Gasteiger partial charge >= 0.3 is 5.97 Å². The predicted molar refractivity (Wildman–Crippen MR) is 550 cm³/mol. The Bertz CT molecular complexity index is 7480. The van der Waals surface area contributed by atoms with E-state index in [1.807, 2.05) is 177 Å². The lowest BCUT2D eigenvalue weighted by atomic mass is 10.1. The summed E-state index contributed by atoms with van der Waals surface area (Å²) in [5.41, 5.74) is 23.0. The maximum Gasteiger partial charge on any atom is 0.317 e. The third-order valence-corrected chi connectivity index (χ3v) is 27.1. The first kappa shape index (κ1) is 97.5. The monoisotopic (exact) mass is 1970 g/mol. The lowest BCUT2D eigenvalue weighted by Gasteiger charge is -2.34. The first-order valence-corrected chi connectivity index (χ1v) is 48.3. The van der Waals surface area contributed by atoms with Crippen LogP contribution in [0.4, 0.5) is 8.78 Å². The van der Waals surface area contributed by atoms with Crippen molar-refractivity contribution in [2.45, 2.75) is 33.1 Å². The molecule has 4 aliphatic heterocycles. The quantitative estimate of drug-likeness (QED) is 0.0701. The molecular formula is C111H99Cl4F2N19O6. The van der Waals surface area contributed by atoms with Gasteiger partial charge in [0.15, 0.2) is 5.65 Å². The molecule has 0 radical (unpaired) electrons. The van der Waals surface area contributed by atoms with Gasteiger partial charge in [0.05, 0.1) is 92.8 Å². The number of ether oxygens (including phenoxy) is 1. The second kappa shape index (κ2) is 44.8. The highest BCUT2D eigenvalue weighted by atomic mass is 35.5. The van der Waals surface area contributed by atoms with Gasteiger partial charge in [-0.1, -0.05) is 180 Å². The highest BCUT2D eigenvalue weighted by Gasteiger charge is 2.31. The number of aliphatic carboxylic acids is 1. The number of hydrogen-bond acceptors (Lipinski definition) is 17. The molecule has 0 saturated carbocycles. The number of carboxylic acid groups (broad SMARTS) is 1. The van der Waals surface area contributed by atoms with Crippen molar-refractivity contribution >= 4 is 92.7 Å². The second-order valence-corrected chi connectivity index (χ2v) is 36.9. The largest absolute Gasteiger partial charge is 0.480 e. The number of hydrogen-bond donors (Lipinski definition) is 1. The first-order chi connectivity index (χ1) is 69.1. The zero-order valence-electron chi connectivity index (χ0n) is 78.0. The molecule has 4 saturated heterocycles. The molecule has 17 aromatic rings. The molecule has 9 aromatic carbocycles. The van der Waals surface area contributed by atoms with Crippen LogP contribution in [0.2, 0.25) is 20.1 Å². The number of halogens is 6. The number of rotatable bonds is 21. The van der Waals surface area contributed by atoms with Crippen molar-refractivity contribution < 1.29 is 37.8 Å². The van der Waals surface area contributed by atoms with Crippen molar-refractivity contribution in [1.29, 1.82) is 10.5 Å². The molecule has 716 valence electrons. The molecule has 12 heterocycles. The maximum atomic E-state index is 14.5. The van der Waals surface area contributed by atoms with E-state index in [0.29, 0.717) is 126 Å². The van der Waals surface area contributed by atoms with E-state index >= 15 is 0 Å². The molecule has 0 bridgehead atoms. The highest BCUT2D eigenvalue weighted by molar-refractivity contribution is 6.31. The van der Waals surface area contributed by atoms with Crippen molar-refractivity contribution in [3.8, 4) is 102 Å². The van der Waals surface area contributed by atoms with Crippen LogP contribution in [0.1, 0.15) is 51.2 Å². The van der Waals surface area contributed by atoms with Crippen molar-refractivity contribution in [3.05, 3.63) is 363 Å². The van der Waals surface area contributed by atoms with Crippen LogP contribution in [0.15, 0.2) is 292 Å². The van der Waals surface area contributed by atoms with Gasteiger partial charge in [-0.2, -0.15) is 10.5 Å². The van der Waals surface area contributed by atoms with Crippen molar-refractivity contribution in [2.24, 2.45) is 0 Å². The molecule has 0 aliphatic carbocycles. The smallest absolute Gasteiger partial charge is 0.317 e. The summed E-state index contributed by atoms with van der Waals surface area (Å²) in [6, 6.07) is 85.7. The fraction of sp³-hybridized carbons (Fsp3) is 0.216. The minimum atomic E-state index is -0.774. The van der Waals surface area contributed by atoms with Gasteiger partial charge in [-0.05, 0) is 150 Å². The van der Waals surface area contributed by atoms with E-state index in [9.17, 15) is 33.2 Å². The zero-order valence-corrected chi connectivity index (χ0v) is 81.0. The maximum absolute atomic E-state index is 14.5. The van der Waals surface area contributed by atoms with Gasteiger partial charge in [-0.3, -0.25) is 53.1 Å². The van der Waals surface area contributed by atoms with Crippen LogP contribution in [0.25, 0.3) is 112 Å². The number of methoxy groups -OCH3 is 1. The summed E-state index contributed by atoms with van der Waals surface area (Å²) < 4.78 is 42.4. The molecular weight excluding hydrogens is 1880 g/mol. The van der Waals surface area contributed by atoms with Gasteiger partial charge in [0.25, 0.3) is 5.91 Å². The number of nitrogens with zero attached hydrogens (tertiary/aromatic N) is 19. The Balaban J connectivity index is 0.000000125. The fourth-order valence-corrected chi connectivity index (χ4v) is 18.9. The van der Waals surface area contributed by atoms with E-state index < -0.39 is 17.6 Å². The van der Waals surface area contributed by atoms with Gasteiger partial charge in [0.1, 0.15) is 35.2 Å². The highest BCUT2D eigenvalue weighted by Crippen LogP contribution is 2.38. The van der Waals surface area contributed by atoms with Gasteiger partial charge in [-0.25, -0.2) is 28.7 Å². The summed E-state index contributed by atoms with van der Waals surface area (Å²) in [7, 11) is 1.51. The Labute approximate surface area is 840 Å². The topological polar surface area (TPSA) is 253 Å². The molecule has 142 heavy (non-hydrogen) atoms. The molecule has 4 fully saturated rings. The Morgan fingerprint density at radius 2 is 0.732 bits per heavy atom. The lowest BCUT2D eigenvalue weighted by molar-refractivity contribution is -0.139. The average molecular weight is 1970 g/mol. The van der Waals surface area contributed by atoms with E-state index in [1.54, 1.807) is 66.7 Å². The number of fused-ring (bicyclic) bond motifs is 4. The first-order valence-electron chi connectivity index (χ1n) is 46.8. The Hall–Kier alpha value is -14.7. The van der Waals surface area contributed by atoms with Crippen LogP contribution in [0, 0.1) is 34.3 Å². The number of amides is 3. The number of carbonyl (C=O) groups is 4. The lowest BCUT2D eigenvalue weighted by Crippen LogP contribution is -2.49. The summed E-state index contributed by atoms with van der Waals surface area (Å²) in [4.78, 5) is 89.3. The van der Waals surface area contributed by atoms with E-state index in [4.69, 9.17) is 81.4 Å². The molecule has 8 aromatic heterocycles. The van der Waals surface area contributed by atoms with E-state index in [-0.39, 0.29) is 36.4 Å². The number of carbonyl (C=O) groups excluding carboxylic acids is 3. The summed E-state index contributed by atoms with van der Waals surface area (Å²) in [5, 5.41) is 30.4. The SMILES string of the molecule is CC(=O)N1CCN(Cc2c(-c3ccc(Cl)cc3)nc3cnc(-c4ccccc4C#N)cn23)CC1.COCC(=O)N1CCN(Cc2c(-c3ccc(Cl)cc3)nc3ccc(-c4c(F)cccc4F)cn23)CC1.N#Cc1ccc(C(=O)N2CCN(Cc3c(-c4ccc(Cl)cc4)nc4ccc(-c5ccccc5)cn34)CC2)cc1.O=C(O)CN1CCN(Cc2c(-c3ccc(Cl)cc3)nc3ccc(-c4ccccc4)cn23)CC1. The van der Waals surface area contributed by atoms with Crippen molar-refractivity contribution in [2.75, 3.05) is 125 Å². The fourth-order valence-electron chi connectivity index (χ4n) is 18.4. The van der Waals surface area contributed by atoms with Gasteiger partial charge in [0, 0.05) is 229 Å². The molecule has 1 N–H and O–H groups in total. The number of pyridine rings is 3. The van der Waals surface area contributed by atoms with Crippen LogP contribution in [0.5, 0.6) is 0 Å². The van der Waals surface area contributed by atoms with Gasteiger partial charge in [-0.15, -0.1) is 0 Å². The standard InChI is InChI=1S/C32H26ClN5O.C27H25ClF2N4O2.C26H23ClN6O.C26H25ClN4O2/c33-28-13-10-25(11-14-28)31-29(38-21-27(12-15-30(38)35-31)24-4-2-1-3-5-24)22-36-16-18-37(19-17-36)32(39)26-8-6-23(20-34)7-9-26;1-36-17-25(35)33-13-11-32(12-14-33)16-23-27(18-5-8-20(28)9-6-18)31-24-10-7-19(15-34(23)24)26-21(29)3-2-4-22(26)30;1-18(34)32-12-10-31(11-13-32)17-24-26(19-6-8-21(27)9-7-19)30-25-15-29-23(16-33(24)25)22-5-3-2-4-20(22)14-28;27-22-9-6-20(7-10-22)26-23(17-29-12-14-30(15-13-29)18-25(32)33)31-16-21(8-11-24(31)28-26)19-4-2-1-3-5-19/h1-15,21H,16-19,22H2;2-10,15H,11-14,16-17H2,1H3;2-9,15-16H,10-13,17H2,1H3;1-11,16H,12-15,17-18H2,(H,32,33). The van der Waals surface area contributed by atoms with E-state index in [2.05, 4.69) is 111 Å². The number of piperazine rings is 4. The molecule has 0 unspecified atom stereocenters. The summed E-state index contributed by atoms with van der Waals surface area (Å²) in [6.45, 7) is 16.0. The van der Waals surface area contributed by atoms with E-state index in [1.165, 1.54) is 25.3 Å².